The van der Waals surface area contributed by atoms with Crippen LogP contribution in [-0.2, 0) is 0 Å². The van der Waals surface area contributed by atoms with E-state index in [0.29, 0.717) is 0 Å². The van der Waals surface area contributed by atoms with Crippen LogP contribution in [-0.4, -0.2) is 0 Å². The standard InChI is InChI=1S/C29H56/c1-5-7-9-11-13-15-17-19-21-23-25-27-29(28(3)4)26-24-22-20-18-16-14-12-10-8-6-2/h17,19,28-29H,1-2,5-16,18,20-27H2,3-4H3/b19-17+. The molecule has 1 atom stereocenters. The quantitative estimate of drug-likeness (QED) is 0.117. The molecule has 0 aromatic rings. The van der Waals surface area contributed by atoms with Gasteiger partial charge in [0, 0.05) is 0 Å². The van der Waals surface area contributed by atoms with E-state index >= 15 is 0 Å². The molecule has 0 aliphatic carbocycles. The van der Waals surface area contributed by atoms with Gasteiger partial charge in [0.15, 0.2) is 0 Å². The van der Waals surface area contributed by atoms with Crippen molar-refractivity contribution < 1.29 is 0 Å². The lowest BCUT2D eigenvalue weighted by molar-refractivity contribution is 0.314. The maximum Gasteiger partial charge on any atom is -0.0351 e. The zero-order valence-corrected chi connectivity index (χ0v) is 20.6. The molecule has 172 valence electrons. The summed E-state index contributed by atoms with van der Waals surface area (Å²) in [6, 6.07) is 0. The highest BCUT2D eigenvalue weighted by atomic mass is 14.2. The summed E-state index contributed by atoms with van der Waals surface area (Å²) in [6.45, 7) is 12.7. The van der Waals surface area contributed by atoms with Crippen molar-refractivity contribution in [2.24, 2.45) is 11.8 Å². The van der Waals surface area contributed by atoms with Crippen LogP contribution in [0.1, 0.15) is 149 Å². The van der Waals surface area contributed by atoms with Crippen LogP contribution >= 0.6 is 0 Å². The second-order valence-corrected chi connectivity index (χ2v) is 9.64. The highest BCUT2D eigenvalue weighted by Gasteiger charge is 2.12. The summed E-state index contributed by atoms with van der Waals surface area (Å²) in [7, 11) is 0. The van der Waals surface area contributed by atoms with E-state index in [9.17, 15) is 0 Å². The predicted molar refractivity (Wildman–Crippen MR) is 135 cm³/mol. The van der Waals surface area contributed by atoms with Crippen molar-refractivity contribution in [1.29, 1.82) is 0 Å². The molecule has 0 aromatic heterocycles. The van der Waals surface area contributed by atoms with E-state index in [1.807, 2.05) is 0 Å². The smallest absolute Gasteiger partial charge is 0.0351 e. The van der Waals surface area contributed by atoms with E-state index in [-0.39, 0.29) is 0 Å². The molecule has 0 N–H and O–H groups in total. The zero-order chi connectivity index (χ0) is 21.4. The Kier molecular flexibility index (Phi) is 23.8. The summed E-state index contributed by atoms with van der Waals surface area (Å²) in [4.78, 5) is 0. The predicted octanol–water partition coefficient (Wildman–Crippen LogP) is 10.7. The molecule has 1 unspecified atom stereocenters. The maximum atomic E-state index is 3.92. The third-order valence-corrected chi connectivity index (χ3v) is 6.50. The molecule has 0 fully saturated rings. The SMILES string of the molecule is [CH2]CCCCCC/C=C/CCCCC(CCCCCCCCCCC[CH2])C(C)C. The van der Waals surface area contributed by atoms with Gasteiger partial charge >= 0.3 is 0 Å². The Labute approximate surface area is 186 Å². The second kappa shape index (κ2) is 24.0. The molecule has 0 amide bonds. The van der Waals surface area contributed by atoms with Crippen molar-refractivity contribution in [2.45, 2.75) is 149 Å². The van der Waals surface area contributed by atoms with E-state index < -0.39 is 0 Å². The van der Waals surface area contributed by atoms with Gasteiger partial charge in [0.2, 0.25) is 0 Å². The summed E-state index contributed by atoms with van der Waals surface area (Å²) >= 11 is 0. The van der Waals surface area contributed by atoms with Crippen molar-refractivity contribution in [3.05, 3.63) is 26.0 Å². The summed E-state index contributed by atoms with van der Waals surface area (Å²) in [5.41, 5.74) is 0. The fourth-order valence-electron chi connectivity index (χ4n) is 4.33. The van der Waals surface area contributed by atoms with Gasteiger partial charge in [-0.05, 0) is 37.5 Å². The molecule has 0 aromatic carbocycles. The summed E-state index contributed by atoms with van der Waals surface area (Å²) in [6.07, 6.45) is 33.6. The van der Waals surface area contributed by atoms with Gasteiger partial charge < -0.3 is 0 Å². The Balaban J connectivity index is 3.51. The van der Waals surface area contributed by atoms with Gasteiger partial charge in [-0.2, -0.15) is 0 Å². The van der Waals surface area contributed by atoms with Crippen LogP contribution in [0, 0.1) is 25.7 Å². The van der Waals surface area contributed by atoms with E-state index in [1.165, 1.54) is 122 Å². The van der Waals surface area contributed by atoms with E-state index in [1.54, 1.807) is 0 Å². The largest absolute Gasteiger partial charge is 0.0885 e. The lowest BCUT2D eigenvalue weighted by Gasteiger charge is -2.20. The Morgan fingerprint density at radius 2 is 0.828 bits per heavy atom. The zero-order valence-electron chi connectivity index (χ0n) is 20.6. The summed E-state index contributed by atoms with van der Waals surface area (Å²) in [5, 5.41) is 0. The first-order valence-corrected chi connectivity index (χ1v) is 13.5. The summed E-state index contributed by atoms with van der Waals surface area (Å²) < 4.78 is 0. The lowest BCUT2D eigenvalue weighted by atomic mass is 9.85. The van der Waals surface area contributed by atoms with Gasteiger partial charge in [-0.15, -0.1) is 0 Å². The van der Waals surface area contributed by atoms with Crippen LogP contribution in [0.5, 0.6) is 0 Å². The van der Waals surface area contributed by atoms with Crippen molar-refractivity contribution in [2.75, 3.05) is 0 Å². The van der Waals surface area contributed by atoms with Crippen molar-refractivity contribution in [3.63, 3.8) is 0 Å². The average molecular weight is 405 g/mol. The summed E-state index contributed by atoms with van der Waals surface area (Å²) in [5.74, 6) is 1.81. The van der Waals surface area contributed by atoms with Gasteiger partial charge in [-0.25, -0.2) is 0 Å². The third kappa shape index (κ3) is 22.3. The van der Waals surface area contributed by atoms with Gasteiger partial charge in [0.05, 0.1) is 0 Å². The van der Waals surface area contributed by atoms with Crippen LogP contribution in [0.15, 0.2) is 12.2 Å². The highest BCUT2D eigenvalue weighted by molar-refractivity contribution is 4.81. The van der Waals surface area contributed by atoms with E-state index in [4.69, 9.17) is 0 Å². The van der Waals surface area contributed by atoms with E-state index in [2.05, 4.69) is 39.8 Å². The molecule has 0 saturated heterocycles. The molecule has 0 saturated carbocycles. The lowest BCUT2D eigenvalue weighted by Crippen LogP contribution is -2.08. The fourth-order valence-corrected chi connectivity index (χ4v) is 4.33. The van der Waals surface area contributed by atoms with Gasteiger partial charge in [0.25, 0.3) is 0 Å². The molecular weight excluding hydrogens is 348 g/mol. The first-order valence-electron chi connectivity index (χ1n) is 13.5. The average Bonchev–Trinajstić information content (AvgIpc) is 2.71. The van der Waals surface area contributed by atoms with Crippen LogP contribution in [0.2, 0.25) is 0 Å². The van der Waals surface area contributed by atoms with Crippen LogP contribution in [0.3, 0.4) is 0 Å². The first-order chi connectivity index (χ1) is 14.2. The molecule has 0 aliphatic rings. The Bertz CT molecular complexity index is 314. The van der Waals surface area contributed by atoms with Crippen LogP contribution in [0.4, 0.5) is 0 Å². The maximum absolute atomic E-state index is 3.92. The minimum absolute atomic E-state index is 0.858. The first kappa shape index (κ1) is 28.7. The molecule has 2 radical (unpaired) electrons. The van der Waals surface area contributed by atoms with Gasteiger partial charge in [-0.3, -0.25) is 0 Å². The third-order valence-electron chi connectivity index (χ3n) is 6.50. The number of unbranched alkanes of at least 4 members (excludes halogenated alkanes) is 16. The fraction of sp³-hybridized carbons (Fsp3) is 0.862. The van der Waals surface area contributed by atoms with Gasteiger partial charge in [0.1, 0.15) is 0 Å². The Hall–Kier alpha value is -0.260. The van der Waals surface area contributed by atoms with Crippen molar-refractivity contribution >= 4 is 0 Å². The second-order valence-electron chi connectivity index (χ2n) is 9.64. The molecule has 29 heavy (non-hydrogen) atoms. The van der Waals surface area contributed by atoms with Crippen LogP contribution < -0.4 is 0 Å². The molecule has 0 bridgehead atoms. The molecule has 0 rings (SSSR count). The van der Waals surface area contributed by atoms with Gasteiger partial charge in [-0.1, -0.05) is 149 Å². The molecule has 0 heterocycles. The normalized spacial score (nSPS) is 13.0. The Morgan fingerprint density at radius 3 is 1.28 bits per heavy atom. The van der Waals surface area contributed by atoms with E-state index in [0.717, 1.165) is 24.7 Å². The Morgan fingerprint density at radius 1 is 0.483 bits per heavy atom. The van der Waals surface area contributed by atoms with Crippen molar-refractivity contribution in [1.82, 2.24) is 0 Å². The number of allylic oxidation sites excluding steroid dienone is 2. The minimum Gasteiger partial charge on any atom is -0.0885 e. The highest BCUT2D eigenvalue weighted by Crippen LogP contribution is 2.25. The molecular formula is C29H56. The number of rotatable bonds is 23. The van der Waals surface area contributed by atoms with Crippen LogP contribution in [0.25, 0.3) is 0 Å². The minimum atomic E-state index is 0.858. The molecule has 0 heteroatoms. The molecule has 0 spiro atoms. The number of hydrogen-bond donors (Lipinski definition) is 0. The monoisotopic (exact) mass is 404 g/mol. The molecule has 0 aliphatic heterocycles. The topological polar surface area (TPSA) is 0 Å². The molecule has 0 nitrogen and oxygen atoms in total. The number of hydrogen-bond acceptors (Lipinski definition) is 0. The van der Waals surface area contributed by atoms with Crippen molar-refractivity contribution in [3.8, 4) is 0 Å².